The van der Waals surface area contributed by atoms with Gasteiger partial charge in [-0.2, -0.15) is 12.6 Å². The van der Waals surface area contributed by atoms with Gasteiger partial charge < -0.3 is 9.47 Å². The van der Waals surface area contributed by atoms with Crippen LogP contribution < -0.4 is 9.47 Å². The molecule has 0 saturated heterocycles. The Balaban J connectivity index is 2.56. The van der Waals surface area contributed by atoms with Gasteiger partial charge in [0, 0.05) is 5.92 Å². The molecule has 0 aliphatic carbocycles. The molecule has 1 aromatic rings. The Morgan fingerprint density at radius 2 is 2.18 bits per heavy atom. The van der Waals surface area contributed by atoms with Gasteiger partial charge in [0.05, 0.1) is 18.2 Å². The molecule has 0 bridgehead atoms. The highest BCUT2D eigenvalue weighted by molar-refractivity contribution is 9.10. The number of rotatable bonds is 7. The van der Waals surface area contributed by atoms with Gasteiger partial charge in [-0.15, -0.1) is 0 Å². The third-order valence-electron chi connectivity index (χ3n) is 2.57. The van der Waals surface area contributed by atoms with Gasteiger partial charge in [-0.3, -0.25) is 0 Å². The lowest BCUT2D eigenvalue weighted by Gasteiger charge is -2.15. The molecule has 0 saturated carbocycles. The molecule has 1 unspecified atom stereocenters. The van der Waals surface area contributed by atoms with Crippen LogP contribution in [-0.2, 0) is 0 Å². The predicted octanol–water partition coefficient (Wildman–Crippen LogP) is 4.18. The molecule has 0 N–H and O–H groups in total. The van der Waals surface area contributed by atoms with Crippen LogP contribution in [-0.4, -0.2) is 19.5 Å². The molecule has 0 aromatic heterocycles. The van der Waals surface area contributed by atoms with Gasteiger partial charge in [-0.05, 0) is 46.3 Å². The molecular formula is C13H19BrO2S. The van der Waals surface area contributed by atoms with Gasteiger partial charge in [0.2, 0.25) is 0 Å². The van der Waals surface area contributed by atoms with Crippen molar-refractivity contribution < 1.29 is 9.47 Å². The lowest BCUT2D eigenvalue weighted by Crippen LogP contribution is -2.13. The van der Waals surface area contributed by atoms with Crippen molar-refractivity contribution in [3.8, 4) is 11.5 Å². The zero-order valence-electron chi connectivity index (χ0n) is 10.3. The van der Waals surface area contributed by atoms with Crippen LogP contribution in [0, 0.1) is 5.92 Å². The van der Waals surface area contributed by atoms with Crippen molar-refractivity contribution >= 4 is 28.6 Å². The van der Waals surface area contributed by atoms with Crippen molar-refractivity contribution in [1.82, 2.24) is 0 Å². The molecule has 4 heteroatoms. The molecule has 0 aliphatic rings. The van der Waals surface area contributed by atoms with E-state index in [1.165, 1.54) is 6.42 Å². The van der Waals surface area contributed by atoms with Gasteiger partial charge in [-0.25, -0.2) is 0 Å². The third kappa shape index (κ3) is 4.80. The van der Waals surface area contributed by atoms with Gasteiger partial charge in [0.1, 0.15) is 11.5 Å². The summed E-state index contributed by atoms with van der Waals surface area (Å²) in [6.07, 6.45) is 2.32. The monoisotopic (exact) mass is 318 g/mol. The Morgan fingerprint density at radius 3 is 2.71 bits per heavy atom. The molecule has 0 aliphatic heterocycles. The van der Waals surface area contributed by atoms with E-state index in [4.69, 9.17) is 9.47 Å². The predicted molar refractivity (Wildman–Crippen MR) is 78.4 cm³/mol. The average Bonchev–Trinajstić information content (AvgIpc) is 2.35. The summed E-state index contributed by atoms with van der Waals surface area (Å²) < 4.78 is 11.9. The minimum Gasteiger partial charge on any atom is -0.497 e. The van der Waals surface area contributed by atoms with Crippen LogP contribution in [0.5, 0.6) is 11.5 Å². The molecule has 0 amide bonds. The highest BCUT2D eigenvalue weighted by atomic mass is 79.9. The molecule has 0 heterocycles. The standard InChI is InChI=1S/C13H19BrO2S/c1-3-4-10(9-17)8-16-13-6-5-11(15-2)7-12(13)14/h5-7,10,17H,3-4,8-9H2,1-2H3. The second kappa shape index (κ2) is 7.88. The first-order valence-corrected chi connectivity index (χ1v) is 7.21. The lowest BCUT2D eigenvalue weighted by molar-refractivity contribution is 0.253. The first-order chi connectivity index (χ1) is 8.21. The number of ether oxygens (including phenoxy) is 2. The molecule has 17 heavy (non-hydrogen) atoms. The fraction of sp³-hybridized carbons (Fsp3) is 0.538. The van der Waals surface area contributed by atoms with Crippen LogP contribution in [0.2, 0.25) is 0 Å². The molecule has 0 radical (unpaired) electrons. The van der Waals surface area contributed by atoms with Crippen LogP contribution in [0.1, 0.15) is 19.8 Å². The van der Waals surface area contributed by atoms with Crippen molar-refractivity contribution in [3.05, 3.63) is 22.7 Å². The molecule has 0 spiro atoms. The van der Waals surface area contributed by atoms with E-state index in [0.29, 0.717) is 12.5 Å². The van der Waals surface area contributed by atoms with E-state index in [0.717, 1.165) is 28.1 Å². The van der Waals surface area contributed by atoms with Crippen LogP contribution in [0.4, 0.5) is 0 Å². The van der Waals surface area contributed by atoms with Crippen molar-refractivity contribution in [2.75, 3.05) is 19.5 Å². The van der Waals surface area contributed by atoms with Crippen LogP contribution in [0.3, 0.4) is 0 Å². The number of methoxy groups -OCH3 is 1. The van der Waals surface area contributed by atoms with Crippen LogP contribution >= 0.6 is 28.6 Å². The summed E-state index contributed by atoms with van der Waals surface area (Å²) in [5, 5.41) is 0. The number of hydrogen-bond acceptors (Lipinski definition) is 3. The maximum atomic E-state index is 5.79. The summed E-state index contributed by atoms with van der Waals surface area (Å²) >= 11 is 7.82. The zero-order chi connectivity index (χ0) is 12.7. The summed E-state index contributed by atoms with van der Waals surface area (Å²) in [6, 6.07) is 5.73. The van der Waals surface area contributed by atoms with Crippen molar-refractivity contribution in [3.63, 3.8) is 0 Å². The van der Waals surface area contributed by atoms with Gasteiger partial charge in [0.15, 0.2) is 0 Å². The Bertz CT molecular complexity index is 344. The second-order valence-corrected chi connectivity index (χ2v) is 5.16. The molecular weight excluding hydrogens is 300 g/mol. The minimum atomic E-state index is 0.511. The number of thiol groups is 1. The molecule has 1 atom stereocenters. The Morgan fingerprint density at radius 1 is 1.41 bits per heavy atom. The first kappa shape index (κ1) is 14.7. The molecule has 1 rings (SSSR count). The fourth-order valence-electron chi connectivity index (χ4n) is 1.57. The highest BCUT2D eigenvalue weighted by Gasteiger charge is 2.08. The van der Waals surface area contributed by atoms with Gasteiger partial charge in [0.25, 0.3) is 0 Å². The van der Waals surface area contributed by atoms with Gasteiger partial charge in [-0.1, -0.05) is 13.3 Å². The van der Waals surface area contributed by atoms with Crippen LogP contribution in [0.25, 0.3) is 0 Å². The molecule has 96 valence electrons. The fourth-order valence-corrected chi connectivity index (χ4v) is 2.33. The largest absolute Gasteiger partial charge is 0.497 e. The highest BCUT2D eigenvalue weighted by Crippen LogP contribution is 2.29. The third-order valence-corrected chi connectivity index (χ3v) is 3.70. The molecule has 0 fully saturated rings. The Labute approximate surface area is 117 Å². The van der Waals surface area contributed by atoms with Crippen molar-refractivity contribution in [1.29, 1.82) is 0 Å². The number of benzene rings is 1. The minimum absolute atomic E-state index is 0.511. The van der Waals surface area contributed by atoms with E-state index in [9.17, 15) is 0 Å². The zero-order valence-corrected chi connectivity index (χ0v) is 12.8. The van der Waals surface area contributed by atoms with E-state index in [-0.39, 0.29) is 0 Å². The molecule has 1 aromatic carbocycles. The summed E-state index contributed by atoms with van der Waals surface area (Å²) in [5.41, 5.74) is 0. The first-order valence-electron chi connectivity index (χ1n) is 5.78. The van der Waals surface area contributed by atoms with Crippen LogP contribution in [0.15, 0.2) is 22.7 Å². The van der Waals surface area contributed by atoms with E-state index in [1.54, 1.807) is 7.11 Å². The Hall–Kier alpha value is -0.350. The second-order valence-electron chi connectivity index (χ2n) is 3.94. The topological polar surface area (TPSA) is 18.5 Å². The van der Waals surface area contributed by atoms with E-state index >= 15 is 0 Å². The van der Waals surface area contributed by atoms with E-state index in [1.807, 2.05) is 18.2 Å². The summed E-state index contributed by atoms with van der Waals surface area (Å²) in [7, 11) is 1.65. The average molecular weight is 319 g/mol. The number of hydrogen-bond donors (Lipinski definition) is 1. The summed E-state index contributed by atoms with van der Waals surface area (Å²) in [6.45, 7) is 2.89. The number of halogens is 1. The summed E-state index contributed by atoms with van der Waals surface area (Å²) in [4.78, 5) is 0. The smallest absolute Gasteiger partial charge is 0.133 e. The van der Waals surface area contributed by atoms with E-state index in [2.05, 4.69) is 35.5 Å². The van der Waals surface area contributed by atoms with Crippen molar-refractivity contribution in [2.45, 2.75) is 19.8 Å². The van der Waals surface area contributed by atoms with E-state index < -0.39 is 0 Å². The maximum absolute atomic E-state index is 5.79. The van der Waals surface area contributed by atoms with Gasteiger partial charge >= 0.3 is 0 Å². The summed E-state index contributed by atoms with van der Waals surface area (Å²) in [5.74, 6) is 3.05. The Kier molecular flexibility index (Phi) is 6.82. The SMILES string of the molecule is CCCC(CS)COc1ccc(OC)cc1Br. The molecule has 2 nitrogen and oxygen atoms in total. The van der Waals surface area contributed by atoms with Crippen molar-refractivity contribution in [2.24, 2.45) is 5.92 Å². The lowest BCUT2D eigenvalue weighted by atomic mass is 10.1. The normalized spacial score (nSPS) is 12.2. The quantitative estimate of drug-likeness (QED) is 0.760. The maximum Gasteiger partial charge on any atom is 0.133 e.